The minimum absolute atomic E-state index is 0.0803. The van der Waals surface area contributed by atoms with Gasteiger partial charge in [0.1, 0.15) is 42.8 Å². The number of rotatable bonds is 6. The number of hydrogen-bond acceptors (Lipinski definition) is 8. The molecule has 2 aliphatic heterocycles. The fourth-order valence-corrected chi connectivity index (χ4v) is 3.51. The van der Waals surface area contributed by atoms with Crippen molar-refractivity contribution in [2.24, 2.45) is 5.73 Å². The Morgan fingerprint density at radius 2 is 2.16 bits per heavy atom. The van der Waals surface area contributed by atoms with Gasteiger partial charge in [-0.05, 0) is 13.0 Å². The van der Waals surface area contributed by atoms with Gasteiger partial charge in [0.25, 0.3) is 6.43 Å². The third-order valence-corrected chi connectivity index (χ3v) is 5.24. The van der Waals surface area contributed by atoms with E-state index in [2.05, 4.69) is 10.3 Å². The largest absolute Gasteiger partial charge is 0.495 e. The number of nitrogens with two attached hydrogens (primary N) is 1. The lowest BCUT2D eigenvalue weighted by atomic mass is 10.1. The van der Waals surface area contributed by atoms with Crippen LogP contribution in [0, 0.1) is 0 Å². The molecule has 0 radical (unpaired) electrons. The molecule has 1 aromatic carbocycles. The molecule has 4 N–H and O–H groups in total. The number of fused-ring (bicyclic) bond motifs is 3. The van der Waals surface area contributed by atoms with Gasteiger partial charge in [-0.2, -0.15) is 0 Å². The Labute approximate surface area is 176 Å². The third-order valence-electron chi connectivity index (χ3n) is 5.24. The van der Waals surface area contributed by atoms with Gasteiger partial charge in [0.15, 0.2) is 5.82 Å². The Hall–Kier alpha value is -3.12. The summed E-state index contributed by atoms with van der Waals surface area (Å²) in [4.78, 5) is 17.4. The molecule has 10 nitrogen and oxygen atoms in total. The number of benzene rings is 1. The summed E-state index contributed by atoms with van der Waals surface area (Å²) in [5, 5.41) is 12.7. The minimum atomic E-state index is -2.77. The van der Waals surface area contributed by atoms with E-state index in [9.17, 15) is 18.7 Å². The van der Waals surface area contributed by atoms with Gasteiger partial charge in [-0.3, -0.25) is 0 Å². The maximum absolute atomic E-state index is 13.4. The van der Waals surface area contributed by atoms with Crippen LogP contribution in [0.2, 0.25) is 0 Å². The summed E-state index contributed by atoms with van der Waals surface area (Å²) in [6.07, 6.45) is -3.19. The number of carbonyl (C=O) groups excluding carboxylic acids is 1. The monoisotopic (exact) mass is 439 g/mol. The standard InChI is InChI=1S/C19H23F2N5O5/c1-9(17(22)27)23-11-6-13-10(5-14(11)29-2)18-24-15(7-25(18)3-4-30-13)26-12(16(20)21)8-31-19(26)28/h5-7,9,12,16-17,23,27H,3-4,8,22H2,1-2H3/t9-,12-,17?/m0/s1. The number of aliphatic hydroxyl groups excluding tert-OH is 1. The predicted molar refractivity (Wildman–Crippen MR) is 107 cm³/mol. The van der Waals surface area contributed by atoms with Crippen LogP contribution in [-0.2, 0) is 11.3 Å². The minimum Gasteiger partial charge on any atom is -0.495 e. The van der Waals surface area contributed by atoms with Crippen molar-refractivity contribution in [2.45, 2.75) is 38.2 Å². The highest BCUT2D eigenvalue weighted by Gasteiger charge is 2.42. The van der Waals surface area contributed by atoms with Crippen molar-refractivity contribution in [2.75, 3.05) is 30.5 Å². The van der Waals surface area contributed by atoms with Crippen LogP contribution in [-0.4, -0.2) is 65.8 Å². The van der Waals surface area contributed by atoms with E-state index in [-0.39, 0.29) is 5.82 Å². The van der Waals surface area contributed by atoms with E-state index in [0.29, 0.717) is 41.7 Å². The van der Waals surface area contributed by atoms with E-state index >= 15 is 0 Å². The first kappa shape index (κ1) is 21.1. The number of carbonyl (C=O) groups is 1. The lowest BCUT2D eigenvalue weighted by molar-refractivity contribution is 0.104. The zero-order valence-electron chi connectivity index (χ0n) is 16.9. The molecule has 31 heavy (non-hydrogen) atoms. The van der Waals surface area contributed by atoms with Crippen molar-refractivity contribution in [3.8, 4) is 22.9 Å². The first-order valence-electron chi connectivity index (χ1n) is 9.67. The number of cyclic esters (lactones) is 1. The molecule has 3 atom stereocenters. The van der Waals surface area contributed by atoms with Crippen LogP contribution in [0.15, 0.2) is 18.3 Å². The predicted octanol–water partition coefficient (Wildman–Crippen LogP) is 1.62. The molecule has 12 heteroatoms. The number of imidazole rings is 1. The fraction of sp³-hybridized carbons (Fsp3) is 0.474. The highest BCUT2D eigenvalue weighted by atomic mass is 19.3. The lowest BCUT2D eigenvalue weighted by Crippen LogP contribution is -2.38. The number of ether oxygens (including phenoxy) is 3. The number of nitrogens with one attached hydrogen (secondary N) is 1. The molecule has 0 bridgehead atoms. The van der Waals surface area contributed by atoms with Gasteiger partial charge in [-0.15, -0.1) is 0 Å². The molecular weight excluding hydrogens is 416 g/mol. The quantitative estimate of drug-likeness (QED) is 0.580. The molecule has 168 valence electrons. The lowest BCUT2D eigenvalue weighted by Gasteiger charge is -2.21. The topological polar surface area (TPSA) is 124 Å². The van der Waals surface area contributed by atoms with E-state index in [1.54, 1.807) is 23.6 Å². The SMILES string of the molecule is COc1cc2c(cc1N[C@@H](C)C(N)O)OCCn1cc(N3C(=O)OC[C@H]3C(F)F)nc1-2. The van der Waals surface area contributed by atoms with Crippen molar-refractivity contribution < 1.29 is 32.9 Å². The van der Waals surface area contributed by atoms with Gasteiger partial charge in [-0.25, -0.2) is 23.5 Å². The van der Waals surface area contributed by atoms with Crippen molar-refractivity contribution >= 4 is 17.6 Å². The Morgan fingerprint density at radius 1 is 1.39 bits per heavy atom. The second-order valence-corrected chi connectivity index (χ2v) is 7.29. The van der Waals surface area contributed by atoms with Crippen LogP contribution in [0.4, 0.5) is 25.1 Å². The Morgan fingerprint density at radius 3 is 2.84 bits per heavy atom. The number of alkyl halides is 2. The van der Waals surface area contributed by atoms with E-state index in [4.69, 9.17) is 19.9 Å². The Kier molecular flexibility index (Phi) is 5.58. The molecule has 1 saturated heterocycles. The van der Waals surface area contributed by atoms with Gasteiger partial charge in [0.2, 0.25) is 0 Å². The average molecular weight is 439 g/mol. The molecule has 1 fully saturated rings. The van der Waals surface area contributed by atoms with Gasteiger partial charge >= 0.3 is 6.09 Å². The number of aromatic nitrogens is 2. The average Bonchev–Trinajstić information content (AvgIpc) is 3.27. The molecule has 0 saturated carbocycles. The summed E-state index contributed by atoms with van der Waals surface area (Å²) in [5.74, 6) is 1.44. The summed E-state index contributed by atoms with van der Waals surface area (Å²) in [5.41, 5.74) is 6.64. The molecule has 1 amide bonds. The van der Waals surface area contributed by atoms with Crippen molar-refractivity contribution in [1.82, 2.24) is 9.55 Å². The fourth-order valence-electron chi connectivity index (χ4n) is 3.51. The van der Waals surface area contributed by atoms with E-state index in [0.717, 1.165) is 4.90 Å². The number of nitrogens with zero attached hydrogens (tertiary/aromatic N) is 3. The molecular formula is C19H23F2N5O5. The van der Waals surface area contributed by atoms with Crippen molar-refractivity contribution in [3.63, 3.8) is 0 Å². The van der Waals surface area contributed by atoms with Crippen molar-refractivity contribution in [1.29, 1.82) is 0 Å². The molecule has 1 aromatic heterocycles. The number of halogens is 2. The molecule has 0 aliphatic carbocycles. The van der Waals surface area contributed by atoms with Gasteiger partial charge in [0, 0.05) is 12.3 Å². The highest BCUT2D eigenvalue weighted by Crippen LogP contribution is 2.41. The molecule has 2 aliphatic rings. The number of aliphatic hydroxyl groups is 1. The smallest absolute Gasteiger partial charge is 0.416 e. The Bertz CT molecular complexity index is 983. The number of hydrogen-bond donors (Lipinski definition) is 3. The first-order valence-corrected chi connectivity index (χ1v) is 9.67. The first-order chi connectivity index (χ1) is 14.8. The van der Waals surface area contributed by atoms with Crippen LogP contribution in [0.1, 0.15) is 6.92 Å². The summed E-state index contributed by atoms with van der Waals surface area (Å²) in [6.45, 7) is 2.00. The second kappa shape index (κ2) is 8.19. The van der Waals surface area contributed by atoms with E-state index in [1.165, 1.54) is 13.3 Å². The maximum Gasteiger partial charge on any atom is 0.416 e. The zero-order chi connectivity index (χ0) is 22.3. The van der Waals surface area contributed by atoms with Crippen LogP contribution >= 0.6 is 0 Å². The molecule has 3 heterocycles. The summed E-state index contributed by atoms with van der Waals surface area (Å²) >= 11 is 0. The second-order valence-electron chi connectivity index (χ2n) is 7.29. The molecule has 4 rings (SSSR count). The number of amides is 1. The third kappa shape index (κ3) is 3.83. The van der Waals surface area contributed by atoms with E-state index in [1.807, 2.05) is 0 Å². The highest BCUT2D eigenvalue weighted by molar-refractivity contribution is 5.90. The summed E-state index contributed by atoms with van der Waals surface area (Å²) in [6, 6.07) is 1.53. The summed E-state index contributed by atoms with van der Waals surface area (Å²) < 4.78 is 44.6. The van der Waals surface area contributed by atoms with Crippen LogP contribution in [0.25, 0.3) is 11.4 Å². The van der Waals surface area contributed by atoms with Crippen molar-refractivity contribution in [3.05, 3.63) is 18.3 Å². The number of anilines is 2. The van der Waals surface area contributed by atoms with Gasteiger partial charge in [0.05, 0.1) is 30.9 Å². The Balaban J connectivity index is 1.75. The van der Waals surface area contributed by atoms with Gasteiger partial charge < -0.3 is 34.9 Å². The maximum atomic E-state index is 13.4. The summed E-state index contributed by atoms with van der Waals surface area (Å²) in [7, 11) is 1.49. The normalized spacial score (nSPS) is 19.8. The van der Waals surface area contributed by atoms with Gasteiger partial charge in [-0.1, -0.05) is 0 Å². The zero-order valence-corrected chi connectivity index (χ0v) is 16.9. The molecule has 2 aromatic rings. The number of methoxy groups -OCH3 is 1. The van der Waals surface area contributed by atoms with E-state index < -0.39 is 37.4 Å². The molecule has 0 spiro atoms. The van der Waals surface area contributed by atoms with Crippen LogP contribution in [0.5, 0.6) is 11.5 Å². The molecule has 1 unspecified atom stereocenters. The van der Waals surface area contributed by atoms with Crippen LogP contribution < -0.4 is 25.4 Å². The van der Waals surface area contributed by atoms with Crippen LogP contribution in [0.3, 0.4) is 0 Å².